The van der Waals surface area contributed by atoms with Crippen LogP contribution in [-0.2, 0) is 7.05 Å². The van der Waals surface area contributed by atoms with Gasteiger partial charge < -0.3 is 4.57 Å². The molecule has 0 saturated heterocycles. The molecule has 0 saturated carbocycles. The summed E-state index contributed by atoms with van der Waals surface area (Å²) in [4.78, 5) is 3.93. The van der Waals surface area contributed by atoms with Gasteiger partial charge in [0.2, 0.25) is 5.95 Å². The first-order valence-electron chi connectivity index (χ1n) is 3.63. The Morgan fingerprint density at radius 2 is 2.17 bits per heavy atom. The van der Waals surface area contributed by atoms with Gasteiger partial charge in [-0.05, 0) is 6.92 Å². The second-order valence-corrected chi connectivity index (χ2v) is 2.58. The highest BCUT2D eigenvalue weighted by molar-refractivity contribution is 5.11. The fourth-order valence-electron chi connectivity index (χ4n) is 0.998. The number of aryl methyl sites for hydroxylation is 1. The molecule has 0 aliphatic carbocycles. The maximum atomic E-state index is 3.99. The Hall–Kier alpha value is -1.65. The number of nitrogens with zero attached hydrogens (tertiary/aromatic N) is 5. The molecule has 0 aliphatic heterocycles. The molecule has 0 spiro atoms. The zero-order valence-corrected chi connectivity index (χ0v) is 6.97. The fraction of sp³-hybridized carbons (Fsp3) is 0.286. The van der Waals surface area contributed by atoms with Crippen LogP contribution in [0.4, 0.5) is 0 Å². The van der Waals surface area contributed by atoms with Crippen molar-refractivity contribution in [2.75, 3.05) is 0 Å². The van der Waals surface area contributed by atoms with E-state index in [1.165, 1.54) is 0 Å². The molecule has 0 aromatic carbocycles. The van der Waals surface area contributed by atoms with Gasteiger partial charge in [0.05, 0.1) is 0 Å². The summed E-state index contributed by atoms with van der Waals surface area (Å²) in [6, 6.07) is 0. The maximum absolute atomic E-state index is 3.99. The van der Waals surface area contributed by atoms with Crippen molar-refractivity contribution >= 4 is 0 Å². The molecule has 2 rings (SSSR count). The van der Waals surface area contributed by atoms with Crippen LogP contribution in [0.2, 0.25) is 0 Å². The van der Waals surface area contributed by atoms with Gasteiger partial charge in [0.15, 0.2) is 0 Å². The van der Waals surface area contributed by atoms with Crippen LogP contribution in [0.3, 0.4) is 0 Å². The molecule has 62 valence electrons. The van der Waals surface area contributed by atoms with Crippen LogP contribution in [0.1, 0.15) is 5.82 Å². The van der Waals surface area contributed by atoms with Crippen molar-refractivity contribution in [3.05, 3.63) is 24.5 Å². The van der Waals surface area contributed by atoms with Crippen LogP contribution in [0.5, 0.6) is 0 Å². The van der Waals surface area contributed by atoms with E-state index in [0.29, 0.717) is 0 Å². The highest BCUT2D eigenvalue weighted by Crippen LogP contribution is 2.02. The van der Waals surface area contributed by atoms with Crippen molar-refractivity contribution in [1.29, 1.82) is 0 Å². The van der Waals surface area contributed by atoms with Crippen molar-refractivity contribution in [2.24, 2.45) is 7.05 Å². The van der Waals surface area contributed by atoms with E-state index in [-0.39, 0.29) is 0 Å². The molecule has 0 N–H and O–H groups in total. The van der Waals surface area contributed by atoms with Crippen LogP contribution in [0.25, 0.3) is 5.95 Å². The van der Waals surface area contributed by atoms with Gasteiger partial charge in [-0.1, -0.05) is 0 Å². The average molecular weight is 163 g/mol. The smallest absolute Gasteiger partial charge is 0.236 e. The topological polar surface area (TPSA) is 48.5 Å². The molecule has 2 heterocycles. The number of hydrogen-bond acceptors (Lipinski definition) is 3. The van der Waals surface area contributed by atoms with Gasteiger partial charge in [0, 0.05) is 19.4 Å². The zero-order chi connectivity index (χ0) is 8.55. The van der Waals surface area contributed by atoms with E-state index in [4.69, 9.17) is 0 Å². The Morgan fingerprint density at radius 3 is 2.67 bits per heavy atom. The number of aromatic nitrogens is 5. The minimum absolute atomic E-state index is 0.782. The molecule has 2 aromatic heterocycles. The summed E-state index contributed by atoms with van der Waals surface area (Å²) >= 11 is 0. The summed E-state index contributed by atoms with van der Waals surface area (Å²) in [5, 5.41) is 7.93. The Morgan fingerprint density at radius 1 is 1.33 bits per heavy atom. The first kappa shape index (κ1) is 7.02. The summed E-state index contributed by atoms with van der Waals surface area (Å²) < 4.78 is 3.72. The number of hydrogen-bond donors (Lipinski definition) is 0. The van der Waals surface area contributed by atoms with Crippen molar-refractivity contribution in [3.8, 4) is 5.95 Å². The van der Waals surface area contributed by atoms with E-state index >= 15 is 0 Å². The zero-order valence-electron chi connectivity index (χ0n) is 6.97. The van der Waals surface area contributed by atoms with Gasteiger partial charge in [-0.15, -0.1) is 10.2 Å². The molecule has 0 aliphatic rings. The summed E-state index contributed by atoms with van der Waals surface area (Å²) in [5.41, 5.74) is 0. The average Bonchev–Trinajstić information content (AvgIpc) is 2.64. The van der Waals surface area contributed by atoms with E-state index < -0.39 is 0 Å². The number of imidazole rings is 1. The van der Waals surface area contributed by atoms with Crippen molar-refractivity contribution in [1.82, 2.24) is 24.3 Å². The minimum atomic E-state index is 0.782. The van der Waals surface area contributed by atoms with Crippen LogP contribution in [0.15, 0.2) is 18.7 Å². The first-order valence-corrected chi connectivity index (χ1v) is 3.63. The van der Waals surface area contributed by atoms with Crippen LogP contribution < -0.4 is 0 Å². The van der Waals surface area contributed by atoms with Crippen molar-refractivity contribution < 1.29 is 0 Å². The second-order valence-electron chi connectivity index (χ2n) is 2.58. The monoisotopic (exact) mass is 163 g/mol. The lowest BCUT2D eigenvalue weighted by atomic mass is 10.7. The Bertz CT molecular complexity index is 372. The van der Waals surface area contributed by atoms with Crippen LogP contribution >= 0.6 is 0 Å². The van der Waals surface area contributed by atoms with E-state index in [2.05, 4.69) is 15.2 Å². The lowest BCUT2D eigenvalue weighted by Gasteiger charge is -1.99. The molecule has 0 unspecified atom stereocenters. The first-order chi connectivity index (χ1) is 5.79. The van der Waals surface area contributed by atoms with E-state index in [1.807, 2.05) is 29.3 Å². The van der Waals surface area contributed by atoms with Crippen LogP contribution in [0, 0.1) is 6.92 Å². The Balaban J connectivity index is 2.55. The second kappa shape index (κ2) is 2.44. The third kappa shape index (κ3) is 0.903. The van der Waals surface area contributed by atoms with Gasteiger partial charge in [0.25, 0.3) is 0 Å². The third-order valence-electron chi connectivity index (χ3n) is 1.80. The molecule has 5 heteroatoms. The highest BCUT2D eigenvalue weighted by Gasteiger charge is 2.04. The molecular formula is C7H9N5. The Kier molecular flexibility index (Phi) is 1.43. The quantitative estimate of drug-likeness (QED) is 0.607. The molecule has 0 radical (unpaired) electrons. The minimum Gasteiger partial charge on any atom is -0.300 e. The lowest BCUT2D eigenvalue weighted by Crippen LogP contribution is -2.01. The van der Waals surface area contributed by atoms with Gasteiger partial charge in [-0.2, -0.15) is 0 Å². The predicted octanol–water partition coefficient (Wildman–Crippen LogP) is 0.309. The largest absolute Gasteiger partial charge is 0.300 e. The molecule has 5 nitrogen and oxygen atoms in total. The molecule has 0 bridgehead atoms. The predicted molar refractivity (Wildman–Crippen MR) is 42.9 cm³/mol. The lowest BCUT2D eigenvalue weighted by molar-refractivity contribution is 0.796. The summed E-state index contributed by atoms with van der Waals surface area (Å²) in [6.45, 7) is 1.91. The maximum Gasteiger partial charge on any atom is 0.236 e. The van der Waals surface area contributed by atoms with Crippen LogP contribution in [-0.4, -0.2) is 24.3 Å². The standard InChI is InChI=1S/C7H9N5/c1-6-9-10-7(11(6)2)12-4-3-8-5-12/h3-5H,1-2H3. The van der Waals surface area contributed by atoms with Gasteiger partial charge in [-0.3, -0.25) is 4.57 Å². The van der Waals surface area contributed by atoms with E-state index in [0.717, 1.165) is 11.8 Å². The summed E-state index contributed by atoms with van der Waals surface area (Å²) in [6.07, 6.45) is 5.25. The van der Waals surface area contributed by atoms with Crippen molar-refractivity contribution in [2.45, 2.75) is 6.92 Å². The molecule has 2 aromatic rings. The molecule has 0 amide bonds. The molecular weight excluding hydrogens is 154 g/mol. The normalized spacial score (nSPS) is 10.5. The van der Waals surface area contributed by atoms with Gasteiger partial charge >= 0.3 is 0 Å². The molecule has 0 atom stereocenters. The summed E-state index contributed by atoms with van der Waals surface area (Å²) in [7, 11) is 1.92. The third-order valence-corrected chi connectivity index (χ3v) is 1.80. The van der Waals surface area contributed by atoms with E-state index in [9.17, 15) is 0 Å². The van der Waals surface area contributed by atoms with Gasteiger partial charge in [-0.25, -0.2) is 4.98 Å². The Labute approximate surface area is 69.7 Å². The molecule has 0 fully saturated rings. The highest BCUT2D eigenvalue weighted by atomic mass is 15.4. The van der Waals surface area contributed by atoms with Crippen molar-refractivity contribution in [3.63, 3.8) is 0 Å². The number of rotatable bonds is 1. The fourth-order valence-corrected chi connectivity index (χ4v) is 0.998. The SMILES string of the molecule is Cc1nnc(-n2ccnc2)n1C. The van der Waals surface area contributed by atoms with Gasteiger partial charge in [0.1, 0.15) is 12.2 Å². The van der Waals surface area contributed by atoms with E-state index in [1.54, 1.807) is 12.5 Å². The molecule has 12 heavy (non-hydrogen) atoms. The summed E-state index contributed by atoms with van der Waals surface area (Å²) in [5.74, 6) is 1.67.